The normalized spacial score (nSPS) is 11.6. The van der Waals surface area contributed by atoms with Crippen molar-refractivity contribution >= 4 is 18.3 Å². The Morgan fingerprint density at radius 2 is 0.623 bits per heavy atom. The third kappa shape index (κ3) is 40.9. The van der Waals surface area contributed by atoms with Crippen molar-refractivity contribution in [3.05, 3.63) is 0 Å². The van der Waals surface area contributed by atoms with Crippen molar-refractivity contribution in [3.63, 3.8) is 0 Å². The van der Waals surface area contributed by atoms with E-state index < -0.39 is 0 Å². The van der Waals surface area contributed by atoms with Crippen LogP contribution in [0, 0.1) is 0 Å². The molecule has 0 spiro atoms. The highest BCUT2D eigenvalue weighted by Crippen LogP contribution is 2.22. The lowest BCUT2D eigenvalue weighted by Crippen LogP contribution is -2.35. The lowest BCUT2D eigenvalue weighted by Gasteiger charge is -2.29. The monoisotopic (exact) mass is 862 g/mol. The van der Waals surface area contributed by atoms with Gasteiger partial charge in [0, 0.05) is 25.4 Å². The third-order valence-corrected chi connectivity index (χ3v) is 13.1. The number of rotatable bonds is 50. The zero-order chi connectivity index (χ0) is 44.7. The molecule has 0 fully saturated rings. The summed E-state index contributed by atoms with van der Waals surface area (Å²) in [5.74, 6) is 0.0254. The number of esters is 2. The van der Waals surface area contributed by atoms with E-state index in [1.165, 1.54) is 193 Å². The lowest BCUT2D eigenvalue weighted by molar-refractivity contribution is -0.151. The quantitative estimate of drug-likeness (QED) is 0.0346. The molecule has 0 aliphatic rings. The first-order valence-corrected chi connectivity index (χ1v) is 27.5. The minimum Gasteiger partial charge on any atom is -0.462 e. The Bertz CT molecular complexity index is 844. The van der Waals surface area contributed by atoms with Crippen LogP contribution in [0.1, 0.15) is 311 Å². The predicted molar refractivity (Wildman–Crippen MR) is 263 cm³/mol. The molecule has 1 amide bonds. The van der Waals surface area contributed by atoms with Crippen molar-refractivity contribution in [1.82, 2.24) is 4.90 Å². The summed E-state index contributed by atoms with van der Waals surface area (Å²) in [4.78, 5) is 40.0. The molecule has 0 aliphatic carbocycles. The summed E-state index contributed by atoms with van der Waals surface area (Å²) in [6.07, 6.45) is 50.9. The van der Waals surface area contributed by atoms with Crippen molar-refractivity contribution in [2.24, 2.45) is 0 Å². The zero-order valence-electron chi connectivity index (χ0n) is 41.9. The van der Waals surface area contributed by atoms with Crippen molar-refractivity contribution in [3.8, 4) is 0 Å². The van der Waals surface area contributed by atoms with Crippen LogP contribution in [0.5, 0.6) is 0 Å². The van der Waals surface area contributed by atoms with Crippen LogP contribution in [0.3, 0.4) is 0 Å². The lowest BCUT2D eigenvalue weighted by atomic mass is 9.98. The number of carbonyl (C=O) groups excluding carboxylic acids is 3. The molecule has 61 heavy (non-hydrogen) atoms. The van der Waals surface area contributed by atoms with E-state index in [4.69, 9.17) is 9.47 Å². The molecular formula is C55H107NO5. The van der Waals surface area contributed by atoms with Crippen molar-refractivity contribution in [2.75, 3.05) is 6.54 Å². The SMILES string of the molecule is CCCCCCCCCN(C=O)C(CCCCCCCCC(=O)OC(CCCCCC)CCCCCC)CCCCCCCCC(=O)OC(CCCCCC)CCCCCC. The zero-order valence-corrected chi connectivity index (χ0v) is 41.9. The van der Waals surface area contributed by atoms with Gasteiger partial charge < -0.3 is 14.4 Å². The topological polar surface area (TPSA) is 72.9 Å². The molecular weight excluding hydrogens is 755 g/mol. The van der Waals surface area contributed by atoms with Crippen molar-refractivity contribution in [2.45, 2.75) is 329 Å². The van der Waals surface area contributed by atoms with E-state index in [9.17, 15) is 14.4 Å². The van der Waals surface area contributed by atoms with Crippen LogP contribution in [0.4, 0.5) is 0 Å². The molecule has 362 valence electrons. The Kier molecular flexibility index (Phi) is 46.6. The summed E-state index contributed by atoms with van der Waals surface area (Å²) in [5.41, 5.74) is 0. The maximum atomic E-state index is 12.7. The van der Waals surface area contributed by atoms with Gasteiger partial charge >= 0.3 is 11.9 Å². The molecule has 0 bridgehead atoms. The molecule has 0 radical (unpaired) electrons. The number of nitrogens with zero attached hydrogens (tertiary/aromatic N) is 1. The second-order valence-electron chi connectivity index (χ2n) is 19.1. The fourth-order valence-electron chi connectivity index (χ4n) is 8.97. The van der Waals surface area contributed by atoms with Gasteiger partial charge in [0.1, 0.15) is 12.2 Å². The first kappa shape index (κ1) is 59.4. The fourth-order valence-corrected chi connectivity index (χ4v) is 8.97. The van der Waals surface area contributed by atoms with Crippen LogP contribution in [-0.2, 0) is 23.9 Å². The number of carbonyl (C=O) groups is 3. The van der Waals surface area contributed by atoms with E-state index in [1.807, 2.05) is 0 Å². The molecule has 0 aromatic rings. The molecule has 0 atom stereocenters. The van der Waals surface area contributed by atoms with Crippen LogP contribution in [0.15, 0.2) is 0 Å². The summed E-state index contributed by atoms with van der Waals surface area (Å²) in [5, 5.41) is 0. The number of amides is 1. The maximum Gasteiger partial charge on any atom is 0.306 e. The van der Waals surface area contributed by atoms with E-state index in [0.29, 0.717) is 18.9 Å². The molecule has 6 nitrogen and oxygen atoms in total. The van der Waals surface area contributed by atoms with Gasteiger partial charge in [0.15, 0.2) is 0 Å². The molecule has 0 N–H and O–H groups in total. The van der Waals surface area contributed by atoms with Gasteiger partial charge in [-0.1, -0.05) is 214 Å². The summed E-state index contributed by atoms with van der Waals surface area (Å²) in [7, 11) is 0. The third-order valence-electron chi connectivity index (χ3n) is 13.1. The minimum atomic E-state index is 0.0127. The van der Waals surface area contributed by atoms with Crippen LogP contribution in [0.25, 0.3) is 0 Å². The number of ether oxygens (including phenoxy) is 2. The van der Waals surface area contributed by atoms with Gasteiger partial charge in [-0.25, -0.2) is 0 Å². The largest absolute Gasteiger partial charge is 0.462 e. The van der Waals surface area contributed by atoms with Crippen molar-refractivity contribution < 1.29 is 23.9 Å². The van der Waals surface area contributed by atoms with Crippen LogP contribution in [-0.4, -0.2) is 48.0 Å². The Morgan fingerprint density at radius 1 is 0.361 bits per heavy atom. The molecule has 0 rings (SSSR count). The van der Waals surface area contributed by atoms with Gasteiger partial charge in [0.2, 0.25) is 6.41 Å². The molecule has 0 aromatic heterocycles. The predicted octanol–water partition coefficient (Wildman–Crippen LogP) is 17.5. The number of unbranched alkanes of at least 4 members (excludes halogenated alkanes) is 28. The highest BCUT2D eigenvalue weighted by atomic mass is 16.5. The number of hydrogen-bond donors (Lipinski definition) is 0. The molecule has 0 aromatic carbocycles. The minimum absolute atomic E-state index is 0.0127. The first-order chi connectivity index (χ1) is 29.9. The Hall–Kier alpha value is -1.59. The first-order valence-electron chi connectivity index (χ1n) is 27.5. The van der Waals surface area contributed by atoms with Crippen molar-refractivity contribution in [1.29, 1.82) is 0 Å². The van der Waals surface area contributed by atoms with E-state index in [1.54, 1.807) is 0 Å². The van der Waals surface area contributed by atoms with Gasteiger partial charge in [-0.2, -0.15) is 0 Å². The standard InChI is InChI=1S/C55H107NO5/c1-6-11-16-21-26-31-40-49-56(50-57)51(41-32-27-22-24-29-38-47-54(58)60-52(43-34-17-12-7-2)44-35-18-13-8-3)42-33-28-23-25-30-39-48-55(59)61-53(45-36-19-14-9-4)46-37-20-15-10-5/h50-53H,6-49H2,1-5H3. The smallest absolute Gasteiger partial charge is 0.306 e. The average molecular weight is 862 g/mol. The molecule has 6 heteroatoms. The summed E-state index contributed by atoms with van der Waals surface area (Å²) in [6, 6.07) is 0.343. The highest BCUT2D eigenvalue weighted by molar-refractivity contribution is 5.69. The molecule has 0 saturated heterocycles. The molecule has 0 heterocycles. The van der Waals surface area contributed by atoms with Gasteiger partial charge in [0.05, 0.1) is 0 Å². The summed E-state index contributed by atoms with van der Waals surface area (Å²) < 4.78 is 12.0. The maximum absolute atomic E-state index is 12.7. The number of hydrogen-bond acceptors (Lipinski definition) is 5. The van der Waals surface area contributed by atoms with Gasteiger partial charge in [-0.15, -0.1) is 0 Å². The fraction of sp³-hybridized carbons (Fsp3) is 0.945. The summed E-state index contributed by atoms with van der Waals surface area (Å²) >= 11 is 0. The van der Waals surface area contributed by atoms with E-state index >= 15 is 0 Å². The Labute approximate surface area is 381 Å². The second kappa shape index (κ2) is 47.9. The second-order valence-corrected chi connectivity index (χ2v) is 19.1. The van der Waals surface area contributed by atoms with Gasteiger partial charge in [-0.3, -0.25) is 14.4 Å². The van der Waals surface area contributed by atoms with Crippen LogP contribution < -0.4 is 0 Å². The average Bonchev–Trinajstić information content (AvgIpc) is 3.26. The molecule has 0 aliphatic heterocycles. The van der Waals surface area contributed by atoms with Gasteiger partial charge in [0.25, 0.3) is 0 Å². The summed E-state index contributed by atoms with van der Waals surface area (Å²) in [6.45, 7) is 12.1. The van der Waals surface area contributed by atoms with E-state index in [0.717, 1.165) is 83.6 Å². The Balaban J connectivity index is 4.64. The van der Waals surface area contributed by atoms with Crippen LogP contribution >= 0.6 is 0 Å². The van der Waals surface area contributed by atoms with E-state index in [-0.39, 0.29) is 24.1 Å². The van der Waals surface area contributed by atoms with Crippen LogP contribution in [0.2, 0.25) is 0 Å². The molecule has 0 saturated carbocycles. The Morgan fingerprint density at radius 3 is 0.951 bits per heavy atom. The molecule has 0 unspecified atom stereocenters. The van der Waals surface area contributed by atoms with E-state index in [2.05, 4.69) is 39.5 Å². The van der Waals surface area contributed by atoms with Gasteiger partial charge in [-0.05, 0) is 83.5 Å². The highest BCUT2D eigenvalue weighted by Gasteiger charge is 2.18.